The molecular formula is C15H25ClN2O4Si. The summed E-state index contributed by atoms with van der Waals surface area (Å²) in [5.74, 6) is -0.414. The second kappa shape index (κ2) is 7.50. The minimum Gasteiger partial charge on any atom is -0.486 e. The third-order valence-corrected chi connectivity index (χ3v) is 8.84. The Kier molecular flexibility index (Phi) is 6.44. The van der Waals surface area contributed by atoms with E-state index >= 15 is 0 Å². The quantitative estimate of drug-likeness (QED) is 0.361. The minimum atomic E-state index is -1.84. The molecule has 6 nitrogen and oxygen atoms in total. The van der Waals surface area contributed by atoms with Gasteiger partial charge in [0.25, 0.3) is 0 Å². The van der Waals surface area contributed by atoms with E-state index < -0.39 is 14.3 Å². The number of halogens is 1. The number of nitrogen functional groups attached to an aromatic ring is 1. The van der Waals surface area contributed by atoms with Gasteiger partial charge in [-0.3, -0.25) is 0 Å². The number of anilines is 1. The van der Waals surface area contributed by atoms with Gasteiger partial charge in [0.15, 0.2) is 19.2 Å². The smallest absolute Gasteiger partial charge is 0.341 e. The Morgan fingerprint density at radius 2 is 1.96 bits per heavy atom. The van der Waals surface area contributed by atoms with E-state index in [0.29, 0.717) is 6.61 Å². The number of hydrogen-bond acceptors (Lipinski definition) is 6. The second-order valence-corrected chi connectivity index (χ2v) is 11.8. The van der Waals surface area contributed by atoms with Gasteiger partial charge in [0.2, 0.25) is 0 Å². The Labute approximate surface area is 143 Å². The predicted octanol–water partition coefficient (Wildman–Crippen LogP) is 3.50. The van der Waals surface area contributed by atoms with Crippen molar-refractivity contribution in [1.82, 2.24) is 4.98 Å². The first-order valence-corrected chi connectivity index (χ1v) is 10.6. The Morgan fingerprint density at radius 3 is 2.48 bits per heavy atom. The van der Waals surface area contributed by atoms with Crippen LogP contribution in [0.3, 0.4) is 0 Å². The van der Waals surface area contributed by atoms with E-state index in [1.165, 1.54) is 13.3 Å². The molecule has 0 saturated heterocycles. The number of hydrogen-bond donors (Lipinski definition) is 1. The van der Waals surface area contributed by atoms with E-state index in [1.54, 1.807) is 0 Å². The first kappa shape index (κ1) is 19.7. The van der Waals surface area contributed by atoms with Crippen molar-refractivity contribution in [2.45, 2.75) is 38.9 Å². The maximum Gasteiger partial charge on any atom is 0.341 e. The molecule has 0 atom stereocenters. The fraction of sp³-hybridized carbons (Fsp3) is 0.600. The molecule has 0 saturated carbocycles. The third-order valence-electron chi connectivity index (χ3n) is 4.03. The van der Waals surface area contributed by atoms with Crippen molar-refractivity contribution in [3.63, 3.8) is 0 Å². The first-order valence-electron chi connectivity index (χ1n) is 7.30. The summed E-state index contributed by atoms with van der Waals surface area (Å²) in [6, 6.07) is 0. The number of nitrogens with two attached hydrogens (primary N) is 1. The zero-order valence-electron chi connectivity index (χ0n) is 14.5. The number of carbonyl (C=O) groups excluding carboxylic acids is 1. The molecule has 23 heavy (non-hydrogen) atoms. The number of methoxy groups -OCH3 is 1. The van der Waals surface area contributed by atoms with E-state index in [9.17, 15) is 4.79 Å². The van der Waals surface area contributed by atoms with E-state index in [-0.39, 0.29) is 33.8 Å². The summed E-state index contributed by atoms with van der Waals surface area (Å²) < 4.78 is 16.2. The van der Waals surface area contributed by atoms with Crippen LogP contribution in [0.25, 0.3) is 0 Å². The van der Waals surface area contributed by atoms with Gasteiger partial charge in [-0.25, -0.2) is 9.78 Å². The van der Waals surface area contributed by atoms with Crippen molar-refractivity contribution in [2.24, 2.45) is 0 Å². The highest BCUT2D eigenvalue weighted by Gasteiger charge is 2.36. The number of ether oxygens (including phenoxy) is 2. The van der Waals surface area contributed by atoms with Crippen LogP contribution >= 0.6 is 11.6 Å². The molecule has 0 unspecified atom stereocenters. The molecular weight excluding hydrogens is 336 g/mol. The molecule has 2 N–H and O–H groups in total. The molecule has 0 fully saturated rings. The summed E-state index contributed by atoms with van der Waals surface area (Å²) in [5.41, 5.74) is 6.15. The molecule has 0 aliphatic carbocycles. The van der Waals surface area contributed by atoms with Crippen molar-refractivity contribution < 1.29 is 18.7 Å². The van der Waals surface area contributed by atoms with Crippen LogP contribution in [0.1, 0.15) is 31.1 Å². The van der Waals surface area contributed by atoms with E-state index in [1.807, 2.05) is 0 Å². The zero-order chi connectivity index (χ0) is 17.8. The molecule has 0 spiro atoms. The van der Waals surface area contributed by atoms with Crippen molar-refractivity contribution in [1.29, 1.82) is 0 Å². The van der Waals surface area contributed by atoms with E-state index in [2.05, 4.69) is 43.6 Å². The Bertz CT molecular complexity index is 573. The second-order valence-electron chi connectivity index (χ2n) is 6.65. The van der Waals surface area contributed by atoms with Crippen LogP contribution in [0.2, 0.25) is 23.3 Å². The van der Waals surface area contributed by atoms with Crippen LogP contribution in [-0.2, 0) is 9.16 Å². The standard InChI is InChI=1S/C15H25ClN2O4Si/c1-15(2,3)23(5,6)22-8-7-21-12-11(17)10(14(19)20-4)9-18-13(12)16/h9H,7-8H2,1-6H3,(H2,17,18). The summed E-state index contributed by atoms with van der Waals surface area (Å²) >= 11 is 5.99. The molecule has 1 rings (SSSR count). The Balaban J connectivity index is 2.74. The summed E-state index contributed by atoms with van der Waals surface area (Å²) in [6.07, 6.45) is 1.27. The van der Waals surface area contributed by atoms with Gasteiger partial charge in [-0.2, -0.15) is 0 Å². The number of nitrogens with zero attached hydrogens (tertiary/aromatic N) is 1. The van der Waals surface area contributed by atoms with Gasteiger partial charge >= 0.3 is 5.97 Å². The lowest BCUT2D eigenvalue weighted by molar-refractivity contribution is 0.0601. The average molecular weight is 361 g/mol. The minimum absolute atomic E-state index is 0.0995. The van der Waals surface area contributed by atoms with Crippen LogP contribution in [0.15, 0.2) is 6.20 Å². The molecule has 0 aliphatic heterocycles. The molecule has 0 aliphatic rings. The van der Waals surface area contributed by atoms with Gasteiger partial charge in [0, 0.05) is 6.20 Å². The first-order chi connectivity index (χ1) is 10.5. The van der Waals surface area contributed by atoms with Gasteiger partial charge < -0.3 is 19.6 Å². The monoisotopic (exact) mass is 360 g/mol. The molecule has 0 radical (unpaired) electrons. The number of aromatic nitrogens is 1. The van der Waals surface area contributed by atoms with Crippen LogP contribution in [0, 0.1) is 0 Å². The lowest BCUT2D eigenvalue weighted by atomic mass is 10.2. The summed E-state index contributed by atoms with van der Waals surface area (Å²) in [7, 11) is -0.571. The van der Waals surface area contributed by atoms with E-state index in [4.69, 9.17) is 26.5 Å². The molecule has 130 valence electrons. The van der Waals surface area contributed by atoms with Crippen LogP contribution in [0.4, 0.5) is 5.69 Å². The summed E-state index contributed by atoms with van der Waals surface area (Å²) in [6.45, 7) is 11.5. The highest BCUT2D eigenvalue weighted by Crippen LogP contribution is 2.36. The summed E-state index contributed by atoms with van der Waals surface area (Å²) in [5, 5.41) is 0.221. The van der Waals surface area contributed by atoms with Crippen LogP contribution < -0.4 is 10.5 Å². The average Bonchev–Trinajstić information content (AvgIpc) is 2.44. The van der Waals surface area contributed by atoms with Crippen molar-refractivity contribution in [3.05, 3.63) is 16.9 Å². The Hall–Kier alpha value is -1.31. The van der Waals surface area contributed by atoms with Crippen LogP contribution in [0.5, 0.6) is 5.75 Å². The highest BCUT2D eigenvalue weighted by atomic mass is 35.5. The van der Waals surface area contributed by atoms with Gasteiger partial charge in [0.1, 0.15) is 12.2 Å². The summed E-state index contributed by atoms with van der Waals surface area (Å²) in [4.78, 5) is 15.5. The molecule has 0 amide bonds. The fourth-order valence-electron chi connectivity index (χ4n) is 1.55. The van der Waals surface area contributed by atoms with Crippen molar-refractivity contribution in [2.75, 3.05) is 26.1 Å². The molecule has 1 aromatic heterocycles. The number of esters is 1. The van der Waals surface area contributed by atoms with Gasteiger partial charge in [-0.15, -0.1) is 0 Å². The third kappa shape index (κ3) is 4.83. The highest BCUT2D eigenvalue weighted by molar-refractivity contribution is 6.74. The van der Waals surface area contributed by atoms with Gasteiger partial charge in [-0.05, 0) is 18.1 Å². The number of pyridine rings is 1. The topological polar surface area (TPSA) is 83.7 Å². The lowest BCUT2D eigenvalue weighted by Gasteiger charge is -2.36. The zero-order valence-corrected chi connectivity index (χ0v) is 16.3. The normalized spacial score (nSPS) is 12.1. The van der Waals surface area contributed by atoms with E-state index in [0.717, 1.165) is 0 Å². The fourth-order valence-corrected chi connectivity index (χ4v) is 2.78. The van der Waals surface area contributed by atoms with Crippen molar-refractivity contribution >= 4 is 31.6 Å². The van der Waals surface area contributed by atoms with Crippen molar-refractivity contribution in [3.8, 4) is 5.75 Å². The molecule has 1 aromatic rings. The molecule has 0 bridgehead atoms. The molecule has 1 heterocycles. The van der Waals surface area contributed by atoms with Gasteiger partial charge in [-0.1, -0.05) is 32.4 Å². The van der Waals surface area contributed by atoms with Crippen LogP contribution in [-0.4, -0.2) is 39.6 Å². The number of carbonyl (C=O) groups is 1. The molecule has 0 aromatic carbocycles. The number of rotatable bonds is 6. The largest absolute Gasteiger partial charge is 0.486 e. The maximum atomic E-state index is 11.6. The molecule has 8 heteroatoms. The maximum absolute atomic E-state index is 11.6. The predicted molar refractivity (Wildman–Crippen MR) is 93.6 cm³/mol. The Morgan fingerprint density at radius 1 is 1.35 bits per heavy atom. The lowest BCUT2D eigenvalue weighted by Crippen LogP contribution is -2.41. The SMILES string of the molecule is COC(=O)c1cnc(Cl)c(OCCO[Si](C)(C)C(C)(C)C)c1N. The van der Waals surface area contributed by atoms with Gasteiger partial charge in [0.05, 0.1) is 19.4 Å².